The Balaban J connectivity index is 2.07. The van der Waals surface area contributed by atoms with Crippen LogP contribution in [0, 0.1) is 5.41 Å². The SMILES string of the molecule is COCCCOCCOC1CC(C)(C)CCC1O. The van der Waals surface area contributed by atoms with Gasteiger partial charge in [0.25, 0.3) is 0 Å². The quantitative estimate of drug-likeness (QED) is 0.678. The molecule has 18 heavy (non-hydrogen) atoms. The summed E-state index contributed by atoms with van der Waals surface area (Å²) in [5.41, 5.74) is 0.281. The first-order chi connectivity index (χ1) is 8.55. The Morgan fingerprint density at radius 2 is 1.94 bits per heavy atom. The number of hydrogen-bond acceptors (Lipinski definition) is 4. The zero-order chi connectivity index (χ0) is 13.4. The van der Waals surface area contributed by atoms with Crippen molar-refractivity contribution in [1.82, 2.24) is 0 Å². The van der Waals surface area contributed by atoms with Crippen LogP contribution in [0.1, 0.15) is 39.5 Å². The second-order valence-electron chi connectivity index (χ2n) is 5.84. The summed E-state index contributed by atoms with van der Waals surface area (Å²) < 4.78 is 16.1. The van der Waals surface area contributed by atoms with Crippen LogP contribution in [0.2, 0.25) is 0 Å². The lowest BCUT2D eigenvalue weighted by molar-refractivity contribution is -0.0971. The van der Waals surface area contributed by atoms with Crippen molar-refractivity contribution in [2.75, 3.05) is 33.5 Å². The Morgan fingerprint density at radius 1 is 1.17 bits per heavy atom. The number of aliphatic hydroxyl groups is 1. The molecule has 1 saturated carbocycles. The van der Waals surface area contributed by atoms with Gasteiger partial charge in [0.1, 0.15) is 0 Å². The zero-order valence-corrected chi connectivity index (χ0v) is 12.0. The predicted octanol–water partition coefficient (Wildman–Crippen LogP) is 2.00. The van der Waals surface area contributed by atoms with E-state index in [1.807, 2.05) is 0 Å². The van der Waals surface area contributed by atoms with Crippen molar-refractivity contribution in [3.05, 3.63) is 0 Å². The van der Waals surface area contributed by atoms with Crippen LogP contribution >= 0.6 is 0 Å². The van der Waals surface area contributed by atoms with E-state index in [0.717, 1.165) is 32.3 Å². The van der Waals surface area contributed by atoms with Crippen LogP contribution in [-0.2, 0) is 14.2 Å². The Labute approximate surface area is 111 Å². The fourth-order valence-electron chi connectivity index (χ4n) is 2.34. The van der Waals surface area contributed by atoms with E-state index in [4.69, 9.17) is 14.2 Å². The summed E-state index contributed by atoms with van der Waals surface area (Å²) in [4.78, 5) is 0. The number of methoxy groups -OCH3 is 1. The first kappa shape index (κ1) is 15.9. The molecule has 0 aromatic carbocycles. The Kier molecular flexibility index (Phi) is 7.15. The molecule has 108 valence electrons. The molecule has 1 aliphatic rings. The van der Waals surface area contributed by atoms with E-state index in [1.165, 1.54) is 0 Å². The average Bonchev–Trinajstić information content (AvgIpc) is 2.32. The molecule has 4 heteroatoms. The molecule has 1 aliphatic carbocycles. The van der Waals surface area contributed by atoms with Crippen molar-refractivity contribution >= 4 is 0 Å². The number of ether oxygens (including phenoxy) is 3. The summed E-state index contributed by atoms with van der Waals surface area (Å²) in [6, 6.07) is 0. The molecule has 0 aliphatic heterocycles. The summed E-state index contributed by atoms with van der Waals surface area (Å²) in [6.07, 6.45) is 3.41. The maximum atomic E-state index is 9.89. The maximum Gasteiger partial charge on any atom is 0.0840 e. The van der Waals surface area contributed by atoms with E-state index >= 15 is 0 Å². The second kappa shape index (κ2) is 8.10. The predicted molar refractivity (Wildman–Crippen MR) is 70.7 cm³/mol. The van der Waals surface area contributed by atoms with E-state index in [1.54, 1.807) is 7.11 Å². The summed E-state index contributed by atoms with van der Waals surface area (Å²) >= 11 is 0. The molecule has 4 nitrogen and oxygen atoms in total. The lowest BCUT2D eigenvalue weighted by Gasteiger charge is -2.38. The first-order valence-electron chi connectivity index (χ1n) is 6.91. The minimum Gasteiger partial charge on any atom is -0.390 e. The van der Waals surface area contributed by atoms with Crippen molar-refractivity contribution in [2.24, 2.45) is 5.41 Å². The fraction of sp³-hybridized carbons (Fsp3) is 1.00. The lowest BCUT2D eigenvalue weighted by Crippen LogP contribution is -2.39. The highest BCUT2D eigenvalue weighted by Gasteiger charge is 2.34. The van der Waals surface area contributed by atoms with E-state index in [2.05, 4.69) is 13.8 Å². The standard InChI is InChI=1S/C14H28O4/c1-14(2)6-5-12(15)13(11-14)18-10-9-17-8-4-7-16-3/h12-13,15H,4-11H2,1-3H3. The topological polar surface area (TPSA) is 47.9 Å². The van der Waals surface area contributed by atoms with E-state index in [-0.39, 0.29) is 17.6 Å². The molecular formula is C14H28O4. The summed E-state index contributed by atoms with van der Waals surface area (Å²) in [6.45, 7) is 7.05. The van der Waals surface area contributed by atoms with E-state index in [9.17, 15) is 5.11 Å². The Hall–Kier alpha value is -0.160. The van der Waals surface area contributed by atoms with Crippen LogP contribution in [0.3, 0.4) is 0 Å². The molecule has 0 radical (unpaired) electrons. The van der Waals surface area contributed by atoms with Crippen LogP contribution < -0.4 is 0 Å². The van der Waals surface area contributed by atoms with Gasteiger partial charge >= 0.3 is 0 Å². The molecule has 2 atom stereocenters. The number of rotatable bonds is 8. The van der Waals surface area contributed by atoms with Crippen LogP contribution in [-0.4, -0.2) is 50.9 Å². The molecular weight excluding hydrogens is 232 g/mol. The fourth-order valence-corrected chi connectivity index (χ4v) is 2.34. The molecule has 1 N–H and O–H groups in total. The maximum absolute atomic E-state index is 9.89. The molecule has 1 fully saturated rings. The highest BCUT2D eigenvalue weighted by Crippen LogP contribution is 2.36. The van der Waals surface area contributed by atoms with E-state index in [0.29, 0.717) is 19.8 Å². The van der Waals surface area contributed by atoms with Gasteiger partial charge in [-0.25, -0.2) is 0 Å². The van der Waals surface area contributed by atoms with Gasteiger partial charge in [-0.3, -0.25) is 0 Å². The van der Waals surface area contributed by atoms with Crippen LogP contribution in [0.4, 0.5) is 0 Å². The molecule has 0 amide bonds. The highest BCUT2D eigenvalue weighted by atomic mass is 16.5. The van der Waals surface area contributed by atoms with Gasteiger partial charge in [0.05, 0.1) is 25.4 Å². The smallest absolute Gasteiger partial charge is 0.0840 e. The minimum absolute atomic E-state index is 0.0312. The monoisotopic (exact) mass is 260 g/mol. The molecule has 0 bridgehead atoms. The van der Waals surface area contributed by atoms with Crippen molar-refractivity contribution in [3.8, 4) is 0 Å². The average molecular weight is 260 g/mol. The van der Waals surface area contributed by atoms with Gasteiger partial charge < -0.3 is 19.3 Å². The largest absolute Gasteiger partial charge is 0.390 e. The first-order valence-corrected chi connectivity index (χ1v) is 6.91. The Morgan fingerprint density at radius 3 is 2.67 bits per heavy atom. The zero-order valence-electron chi connectivity index (χ0n) is 12.0. The summed E-state index contributed by atoms with van der Waals surface area (Å²) in [7, 11) is 1.69. The molecule has 0 aromatic rings. The number of aliphatic hydroxyl groups excluding tert-OH is 1. The third kappa shape index (κ3) is 6.14. The molecule has 0 aromatic heterocycles. The lowest BCUT2D eigenvalue weighted by atomic mass is 9.75. The summed E-state index contributed by atoms with van der Waals surface area (Å²) in [5.74, 6) is 0. The van der Waals surface area contributed by atoms with Crippen molar-refractivity contribution in [1.29, 1.82) is 0 Å². The Bertz CT molecular complexity index is 218. The van der Waals surface area contributed by atoms with Crippen molar-refractivity contribution in [3.63, 3.8) is 0 Å². The van der Waals surface area contributed by atoms with Gasteiger partial charge in [0, 0.05) is 20.3 Å². The molecule has 0 saturated heterocycles. The normalized spacial score (nSPS) is 27.3. The molecule has 0 spiro atoms. The van der Waals surface area contributed by atoms with Crippen LogP contribution in [0.5, 0.6) is 0 Å². The molecule has 1 rings (SSSR count). The third-order valence-electron chi connectivity index (χ3n) is 3.50. The van der Waals surface area contributed by atoms with Gasteiger partial charge in [-0.15, -0.1) is 0 Å². The van der Waals surface area contributed by atoms with Crippen molar-refractivity contribution < 1.29 is 19.3 Å². The molecule has 0 heterocycles. The van der Waals surface area contributed by atoms with Crippen LogP contribution in [0.15, 0.2) is 0 Å². The van der Waals surface area contributed by atoms with Gasteiger partial charge in [-0.1, -0.05) is 13.8 Å². The number of hydrogen-bond donors (Lipinski definition) is 1. The van der Waals surface area contributed by atoms with Crippen molar-refractivity contribution in [2.45, 2.75) is 51.7 Å². The van der Waals surface area contributed by atoms with Gasteiger partial charge in [-0.2, -0.15) is 0 Å². The molecule has 2 unspecified atom stereocenters. The third-order valence-corrected chi connectivity index (χ3v) is 3.50. The van der Waals surface area contributed by atoms with Gasteiger partial charge in [0.15, 0.2) is 0 Å². The van der Waals surface area contributed by atoms with Gasteiger partial charge in [0.2, 0.25) is 0 Å². The highest BCUT2D eigenvalue weighted by molar-refractivity contribution is 4.85. The summed E-state index contributed by atoms with van der Waals surface area (Å²) in [5, 5.41) is 9.89. The minimum atomic E-state index is -0.313. The second-order valence-corrected chi connectivity index (χ2v) is 5.84. The van der Waals surface area contributed by atoms with Gasteiger partial charge in [-0.05, 0) is 31.1 Å². The van der Waals surface area contributed by atoms with Crippen LogP contribution in [0.25, 0.3) is 0 Å². The van der Waals surface area contributed by atoms with E-state index < -0.39 is 0 Å².